The zero-order valence-corrected chi connectivity index (χ0v) is 10.5. The number of aryl methyl sites for hydroxylation is 1. The van der Waals surface area contributed by atoms with E-state index in [1.165, 1.54) is 0 Å². The SMILES string of the molecule is CCCn1cnnc1C1CCCCC1C(F)(F)F. The number of rotatable bonds is 3. The predicted molar refractivity (Wildman–Crippen MR) is 61.1 cm³/mol. The van der Waals surface area contributed by atoms with E-state index in [2.05, 4.69) is 10.2 Å². The van der Waals surface area contributed by atoms with E-state index in [1.54, 1.807) is 10.9 Å². The van der Waals surface area contributed by atoms with E-state index in [-0.39, 0.29) is 6.42 Å². The third kappa shape index (κ3) is 2.67. The third-order valence-corrected chi connectivity index (χ3v) is 3.63. The van der Waals surface area contributed by atoms with Crippen LogP contribution in [0.15, 0.2) is 6.33 Å². The highest BCUT2D eigenvalue weighted by Crippen LogP contribution is 2.45. The van der Waals surface area contributed by atoms with Crippen LogP contribution in [0, 0.1) is 5.92 Å². The molecule has 2 unspecified atom stereocenters. The molecular weight excluding hydrogens is 243 g/mol. The first-order valence-corrected chi connectivity index (χ1v) is 6.48. The zero-order chi connectivity index (χ0) is 13.2. The molecule has 1 aliphatic carbocycles. The molecule has 1 aromatic heterocycles. The van der Waals surface area contributed by atoms with Crippen LogP contribution in [-0.4, -0.2) is 20.9 Å². The first kappa shape index (κ1) is 13.4. The van der Waals surface area contributed by atoms with Gasteiger partial charge in [-0.1, -0.05) is 19.8 Å². The van der Waals surface area contributed by atoms with Crippen LogP contribution in [0.25, 0.3) is 0 Å². The maximum absolute atomic E-state index is 13.0. The molecule has 1 aliphatic rings. The second-order valence-electron chi connectivity index (χ2n) is 4.92. The molecule has 1 fully saturated rings. The zero-order valence-electron chi connectivity index (χ0n) is 10.5. The molecule has 2 atom stereocenters. The Hall–Kier alpha value is -1.07. The number of nitrogens with zero attached hydrogens (tertiary/aromatic N) is 3. The van der Waals surface area contributed by atoms with Crippen LogP contribution < -0.4 is 0 Å². The normalized spacial score (nSPS) is 25.3. The fraction of sp³-hybridized carbons (Fsp3) is 0.833. The summed E-state index contributed by atoms with van der Waals surface area (Å²) >= 11 is 0. The van der Waals surface area contributed by atoms with Crippen molar-refractivity contribution in [3.8, 4) is 0 Å². The van der Waals surface area contributed by atoms with Crippen molar-refractivity contribution in [2.75, 3.05) is 0 Å². The molecule has 18 heavy (non-hydrogen) atoms. The lowest BCUT2D eigenvalue weighted by molar-refractivity contribution is -0.188. The molecule has 0 bridgehead atoms. The highest BCUT2D eigenvalue weighted by molar-refractivity contribution is 5.03. The van der Waals surface area contributed by atoms with Crippen LogP contribution in [0.4, 0.5) is 13.2 Å². The van der Waals surface area contributed by atoms with Gasteiger partial charge < -0.3 is 4.57 Å². The summed E-state index contributed by atoms with van der Waals surface area (Å²) in [5.41, 5.74) is 0. The molecule has 0 N–H and O–H groups in total. The molecule has 102 valence electrons. The summed E-state index contributed by atoms with van der Waals surface area (Å²) in [4.78, 5) is 0. The summed E-state index contributed by atoms with van der Waals surface area (Å²) in [7, 11) is 0. The molecule has 0 spiro atoms. The number of halogens is 3. The molecule has 3 nitrogen and oxygen atoms in total. The fourth-order valence-corrected chi connectivity index (χ4v) is 2.80. The highest BCUT2D eigenvalue weighted by atomic mass is 19.4. The van der Waals surface area contributed by atoms with E-state index < -0.39 is 18.0 Å². The van der Waals surface area contributed by atoms with Crippen molar-refractivity contribution in [2.24, 2.45) is 5.92 Å². The van der Waals surface area contributed by atoms with Gasteiger partial charge in [0.1, 0.15) is 12.2 Å². The molecule has 0 amide bonds. The Morgan fingerprint density at radius 2 is 2.06 bits per heavy atom. The van der Waals surface area contributed by atoms with Crippen molar-refractivity contribution in [1.29, 1.82) is 0 Å². The van der Waals surface area contributed by atoms with Crippen LogP contribution in [0.1, 0.15) is 50.8 Å². The average molecular weight is 261 g/mol. The highest BCUT2D eigenvalue weighted by Gasteiger charge is 2.47. The van der Waals surface area contributed by atoms with Gasteiger partial charge >= 0.3 is 6.18 Å². The molecule has 0 aromatic carbocycles. The lowest BCUT2D eigenvalue weighted by Crippen LogP contribution is -2.33. The van der Waals surface area contributed by atoms with Crippen molar-refractivity contribution in [1.82, 2.24) is 14.8 Å². The van der Waals surface area contributed by atoms with Crippen molar-refractivity contribution in [3.63, 3.8) is 0 Å². The third-order valence-electron chi connectivity index (χ3n) is 3.63. The molecule has 1 heterocycles. The van der Waals surface area contributed by atoms with Gasteiger partial charge in [-0.05, 0) is 19.3 Å². The van der Waals surface area contributed by atoms with Crippen LogP contribution in [-0.2, 0) is 6.54 Å². The van der Waals surface area contributed by atoms with Gasteiger partial charge in [0.25, 0.3) is 0 Å². The molecule has 6 heteroatoms. The standard InChI is InChI=1S/C12H18F3N3/c1-2-7-18-8-16-17-11(18)9-5-3-4-6-10(9)12(13,14)15/h8-10H,2-7H2,1H3. The Morgan fingerprint density at radius 1 is 1.33 bits per heavy atom. The second-order valence-corrected chi connectivity index (χ2v) is 4.92. The van der Waals surface area contributed by atoms with Gasteiger partial charge in [0, 0.05) is 12.5 Å². The minimum atomic E-state index is -4.13. The van der Waals surface area contributed by atoms with Crippen molar-refractivity contribution >= 4 is 0 Å². The maximum atomic E-state index is 13.0. The predicted octanol–water partition coefficient (Wildman–Crippen LogP) is 3.52. The summed E-state index contributed by atoms with van der Waals surface area (Å²) in [6.07, 6.45) is 0.557. The Kier molecular flexibility index (Phi) is 3.92. The first-order valence-electron chi connectivity index (χ1n) is 6.48. The summed E-state index contributed by atoms with van der Waals surface area (Å²) in [6, 6.07) is 0. The van der Waals surface area contributed by atoms with E-state index >= 15 is 0 Å². The minimum Gasteiger partial charge on any atom is -0.317 e. The van der Waals surface area contributed by atoms with Crippen LogP contribution in [0.5, 0.6) is 0 Å². The topological polar surface area (TPSA) is 30.7 Å². The van der Waals surface area contributed by atoms with Gasteiger partial charge in [0.05, 0.1) is 5.92 Å². The van der Waals surface area contributed by atoms with E-state index in [0.29, 0.717) is 25.2 Å². The van der Waals surface area contributed by atoms with Gasteiger partial charge in [0.15, 0.2) is 0 Å². The van der Waals surface area contributed by atoms with Crippen molar-refractivity contribution in [2.45, 2.75) is 57.7 Å². The molecule has 2 rings (SSSR count). The van der Waals surface area contributed by atoms with Crippen LogP contribution >= 0.6 is 0 Å². The Bertz CT molecular complexity index is 386. The van der Waals surface area contributed by atoms with Gasteiger partial charge in [-0.25, -0.2) is 0 Å². The van der Waals surface area contributed by atoms with E-state index in [4.69, 9.17) is 0 Å². The van der Waals surface area contributed by atoms with Gasteiger partial charge in [-0.15, -0.1) is 10.2 Å². The number of hydrogen-bond donors (Lipinski definition) is 0. The van der Waals surface area contributed by atoms with Crippen molar-refractivity contribution < 1.29 is 13.2 Å². The molecular formula is C12H18F3N3. The molecule has 0 radical (unpaired) electrons. The Balaban J connectivity index is 2.25. The second kappa shape index (κ2) is 5.28. The lowest BCUT2D eigenvalue weighted by Gasteiger charge is -2.32. The number of aromatic nitrogens is 3. The minimum absolute atomic E-state index is 0.215. The summed E-state index contributed by atoms with van der Waals surface area (Å²) < 4.78 is 40.9. The van der Waals surface area contributed by atoms with Gasteiger partial charge in [0.2, 0.25) is 0 Å². The summed E-state index contributed by atoms with van der Waals surface area (Å²) in [5.74, 6) is -1.27. The van der Waals surface area contributed by atoms with E-state index in [0.717, 1.165) is 12.8 Å². The average Bonchev–Trinajstić information content (AvgIpc) is 2.77. The van der Waals surface area contributed by atoms with E-state index in [9.17, 15) is 13.2 Å². The Labute approximate surface area is 104 Å². The molecule has 1 aromatic rings. The Morgan fingerprint density at radius 3 is 2.72 bits per heavy atom. The molecule has 1 saturated carbocycles. The maximum Gasteiger partial charge on any atom is 0.392 e. The van der Waals surface area contributed by atoms with E-state index in [1.807, 2.05) is 6.92 Å². The van der Waals surface area contributed by atoms with Gasteiger partial charge in [-0.3, -0.25) is 0 Å². The quantitative estimate of drug-likeness (QED) is 0.833. The first-order chi connectivity index (χ1) is 8.54. The number of hydrogen-bond acceptors (Lipinski definition) is 2. The lowest BCUT2D eigenvalue weighted by atomic mass is 9.78. The summed E-state index contributed by atoms with van der Waals surface area (Å²) in [5, 5.41) is 7.71. The van der Waals surface area contributed by atoms with Gasteiger partial charge in [-0.2, -0.15) is 13.2 Å². The molecule has 0 saturated heterocycles. The largest absolute Gasteiger partial charge is 0.392 e. The van der Waals surface area contributed by atoms with Crippen molar-refractivity contribution in [3.05, 3.63) is 12.2 Å². The molecule has 0 aliphatic heterocycles. The summed E-state index contributed by atoms with van der Waals surface area (Å²) in [6.45, 7) is 2.68. The number of alkyl halides is 3. The van der Waals surface area contributed by atoms with Crippen LogP contribution in [0.2, 0.25) is 0 Å². The fourth-order valence-electron chi connectivity index (χ4n) is 2.80. The van der Waals surface area contributed by atoms with Crippen LogP contribution in [0.3, 0.4) is 0 Å². The monoisotopic (exact) mass is 261 g/mol. The smallest absolute Gasteiger partial charge is 0.317 e.